The summed E-state index contributed by atoms with van der Waals surface area (Å²) >= 11 is 0. The molecule has 0 unspecified atom stereocenters. The highest BCUT2D eigenvalue weighted by Gasteiger charge is 2.39. The van der Waals surface area contributed by atoms with Crippen molar-refractivity contribution in [2.24, 2.45) is 0 Å². The van der Waals surface area contributed by atoms with Crippen LogP contribution in [0, 0.1) is 6.33 Å². The minimum absolute atomic E-state index is 0.0383. The summed E-state index contributed by atoms with van der Waals surface area (Å²) in [5, 5.41) is 11.7. The van der Waals surface area contributed by atoms with E-state index in [-0.39, 0.29) is 27.1 Å². The topological polar surface area (TPSA) is 40.3 Å². The van der Waals surface area contributed by atoms with Crippen LogP contribution in [-0.4, -0.2) is 18.5 Å². The molecule has 0 amide bonds. The molecular formula is C92H81N5O. The molecule has 0 bridgehead atoms. The second-order valence-corrected chi connectivity index (χ2v) is 31.8. The van der Waals surface area contributed by atoms with E-state index in [2.05, 4.69) is 337 Å². The number of nitrogens with zero attached hydrogens (tertiary/aromatic N) is 5. The Morgan fingerprint density at radius 1 is 0.398 bits per heavy atom. The van der Waals surface area contributed by atoms with E-state index in [9.17, 15) is 0 Å². The van der Waals surface area contributed by atoms with Crippen LogP contribution in [0.1, 0.15) is 130 Å². The van der Waals surface area contributed by atoms with Crippen molar-refractivity contribution in [1.82, 2.24) is 18.5 Å². The van der Waals surface area contributed by atoms with Gasteiger partial charge in [0.1, 0.15) is 17.3 Å². The van der Waals surface area contributed by atoms with Crippen LogP contribution in [0.15, 0.2) is 243 Å². The minimum Gasteiger partial charge on any atom is -0.458 e. The van der Waals surface area contributed by atoms with Crippen LogP contribution in [0.3, 0.4) is 0 Å². The Morgan fingerprint density at radius 2 is 0.878 bits per heavy atom. The number of hydrogen-bond acceptors (Lipinski definition) is 2. The van der Waals surface area contributed by atoms with Crippen LogP contribution in [-0.2, 0) is 27.1 Å². The molecule has 5 aromatic heterocycles. The SMILES string of the molecule is CC(C)(C)c1ccnc(-n2c3cc(Oc4cccc(-n5[c-][n+](-c6c(-c7ccc8c(c7)C(C)(C)CCC8(C)C)cccc6-c6ccc7c(c6)C(C)(C)CCC7(C)C)c6ccccc65)c4)ccc3c3ccc4c5ccccc5c5ccccc5c5cccc6c7ccccc7n(c56)c4c32)c1. The van der Waals surface area contributed by atoms with Crippen molar-refractivity contribution in [2.45, 2.75) is 129 Å². The molecule has 0 atom stereocenters. The summed E-state index contributed by atoms with van der Waals surface area (Å²) in [4.78, 5) is 5.34. The molecule has 0 N–H and O–H groups in total. The lowest BCUT2D eigenvalue weighted by Crippen LogP contribution is -2.34. The molecule has 16 aromatic rings. The van der Waals surface area contributed by atoms with Gasteiger partial charge in [0.2, 0.25) is 0 Å². The van der Waals surface area contributed by atoms with Crippen LogP contribution in [0.4, 0.5) is 0 Å². The summed E-state index contributed by atoms with van der Waals surface area (Å²) < 4.78 is 16.8. The zero-order valence-electron chi connectivity index (χ0n) is 58.1. The number of ether oxygens (including phenoxy) is 1. The van der Waals surface area contributed by atoms with Crippen LogP contribution in [0.2, 0.25) is 0 Å². The lowest BCUT2D eigenvalue weighted by atomic mass is 9.62. The number of pyridine rings is 1. The van der Waals surface area contributed by atoms with Crippen LogP contribution < -0.4 is 9.30 Å². The predicted molar refractivity (Wildman–Crippen MR) is 410 cm³/mol. The van der Waals surface area contributed by atoms with Crippen LogP contribution >= 0.6 is 0 Å². The molecule has 2 aliphatic carbocycles. The monoisotopic (exact) mass is 1270 g/mol. The lowest BCUT2D eigenvalue weighted by Gasteiger charge is -2.42. The molecule has 18 rings (SSSR count). The van der Waals surface area contributed by atoms with Gasteiger partial charge in [-0.15, -0.1) is 0 Å². The molecular weight excluding hydrogens is 1190 g/mol. The highest BCUT2D eigenvalue weighted by atomic mass is 16.5. The number of imidazole rings is 1. The first-order valence-corrected chi connectivity index (χ1v) is 35.2. The van der Waals surface area contributed by atoms with Gasteiger partial charge in [-0.2, -0.15) is 0 Å². The predicted octanol–water partition coefficient (Wildman–Crippen LogP) is 23.9. The smallest absolute Gasteiger partial charge is 0.269 e. The first-order valence-electron chi connectivity index (χ1n) is 35.2. The van der Waals surface area contributed by atoms with E-state index in [1.54, 1.807) is 0 Å². The van der Waals surface area contributed by atoms with Crippen molar-refractivity contribution in [2.75, 3.05) is 0 Å². The maximum atomic E-state index is 7.24. The number of aromatic nitrogens is 5. The van der Waals surface area contributed by atoms with E-state index in [1.807, 2.05) is 6.20 Å². The largest absolute Gasteiger partial charge is 0.458 e. The summed E-state index contributed by atoms with van der Waals surface area (Å²) in [6.07, 6.45) is 10.6. The van der Waals surface area contributed by atoms with Gasteiger partial charge in [-0.25, -0.2) is 4.98 Å². The number of rotatable bonds is 7. The Hall–Kier alpha value is -10.6. The van der Waals surface area contributed by atoms with Gasteiger partial charge in [0.25, 0.3) is 6.33 Å². The molecule has 2 aliphatic rings. The Kier molecular flexibility index (Phi) is 13.1. The summed E-state index contributed by atoms with van der Waals surface area (Å²) in [6.45, 7) is 26.3. The van der Waals surface area contributed by atoms with Gasteiger partial charge in [0.15, 0.2) is 0 Å². The second kappa shape index (κ2) is 21.5. The summed E-state index contributed by atoms with van der Waals surface area (Å²) in [7, 11) is 0. The van der Waals surface area contributed by atoms with E-state index < -0.39 is 0 Å². The number of hydrogen-bond donors (Lipinski definition) is 0. The molecule has 0 aliphatic heterocycles. The maximum Gasteiger partial charge on any atom is 0.269 e. The maximum absolute atomic E-state index is 7.24. The van der Waals surface area contributed by atoms with E-state index in [0.717, 1.165) is 79.3 Å². The van der Waals surface area contributed by atoms with Crippen molar-refractivity contribution in [3.63, 3.8) is 0 Å². The average molecular weight is 1270 g/mol. The van der Waals surface area contributed by atoms with Crippen molar-refractivity contribution in [1.29, 1.82) is 0 Å². The molecule has 6 heteroatoms. The number of para-hydroxylation sites is 5. The Bertz CT molecular complexity index is 5990. The van der Waals surface area contributed by atoms with Gasteiger partial charge in [0, 0.05) is 44.6 Å². The Morgan fingerprint density at radius 3 is 1.50 bits per heavy atom. The first kappa shape index (κ1) is 59.9. The van der Waals surface area contributed by atoms with E-state index >= 15 is 0 Å². The van der Waals surface area contributed by atoms with Crippen molar-refractivity contribution in [3.8, 4) is 50.9 Å². The summed E-state index contributed by atoms with van der Waals surface area (Å²) in [5.41, 5.74) is 21.5. The summed E-state index contributed by atoms with van der Waals surface area (Å²) in [5.74, 6) is 2.27. The van der Waals surface area contributed by atoms with Crippen LogP contribution in [0.25, 0.3) is 132 Å². The molecule has 5 heterocycles. The summed E-state index contributed by atoms with van der Waals surface area (Å²) in [6, 6.07) is 88.4. The number of fused-ring (bicyclic) bond motifs is 17. The fraction of sp³-hybridized carbons (Fsp3) is 0.217. The quantitative estimate of drug-likeness (QED) is 0.118. The number of benzene rings is 11. The zero-order chi connectivity index (χ0) is 66.9. The lowest BCUT2D eigenvalue weighted by molar-refractivity contribution is -0.571. The fourth-order valence-electron chi connectivity index (χ4n) is 17.2. The van der Waals surface area contributed by atoms with E-state index in [4.69, 9.17) is 9.72 Å². The molecule has 0 spiro atoms. The molecule has 480 valence electrons. The highest BCUT2D eigenvalue weighted by Crippen LogP contribution is 2.51. The van der Waals surface area contributed by atoms with E-state index in [0.29, 0.717) is 11.5 Å². The van der Waals surface area contributed by atoms with Gasteiger partial charge in [-0.3, -0.25) is 13.7 Å². The van der Waals surface area contributed by atoms with E-state index in [1.165, 1.54) is 106 Å². The molecule has 0 radical (unpaired) electrons. The third-order valence-electron chi connectivity index (χ3n) is 22.8. The van der Waals surface area contributed by atoms with Crippen molar-refractivity contribution < 1.29 is 9.30 Å². The molecule has 98 heavy (non-hydrogen) atoms. The Labute approximate surface area is 573 Å². The van der Waals surface area contributed by atoms with Gasteiger partial charge < -0.3 is 9.14 Å². The fourth-order valence-corrected chi connectivity index (χ4v) is 17.2. The Balaban J connectivity index is 0.842. The van der Waals surface area contributed by atoms with Gasteiger partial charge in [-0.05, 0) is 173 Å². The first-order chi connectivity index (χ1) is 47.2. The molecule has 11 aromatic carbocycles. The second-order valence-electron chi connectivity index (χ2n) is 31.8. The third-order valence-corrected chi connectivity index (χ3v) is 22.8. The molecule has 0 fully saturated rings. The van der Waals surface area contributed by atoms with Gasteiger partial charge >= 0.3 is 0 Å². The van der Waals surface area contributed by atoms with Gasteiger partial charge in [0.05, 0.1) is 50.0 Å². The zero-order valence-corrected chi connectivity index (χ0v) is 58.1. The average Bonchev–Trinajstić information content (AvgIpc) is 1.53. The minimum atomic E-state index is -0.143. The highest BCUT2D eigenvalue weighted by molar-refractivity contribution is 6.29. The standard InChI is InChI=1S/C92H81N5O/c1-88(2,3)59-45-50-93-83(53-59)96-82-55-62(39-40-70(82)74-42-41-73-68-28-15-13-26-66(68)65-25-12-14-27-67(65)71-32-22-33-72-69-29-16-17-34-79(69)97(85(71)72)87(73)86(74)96)98-61-24-20-23-60(54-61)94-56-95(81-36-19-18-35-80(81)94)84-63(57-37-43-75-77(51-57)91(8,9)48-46-89(75,4)5)30-21-31-64(84)58-38-44-76-78(52-58)92(10,11)49-47-90(76,6)7/h12-45,50-55H,46-49H2,1-11H3. The molecule has 6 nitrogen and oxygen atoms in total. The van der Waals surface area contributed by atoms with Crippen molar-refractivity contribution >= 4 is 92.5 Å². The molecule has 0 saturated carbocycles. The third kappa shape index (κ3) is 9.19. The normalized spacial score (nSPS) is 15.7. The van der Waals surface area contributed by atoms with Crippen LogP contribution in [0.5, 0.6) is 11.5 Å². The van der Waals surface area contributed by atoms with Crippen molar-refractivity contribution in [3.05, 3.63) is 277 Å². The van der Waals surface area contributed by atoms with Gasteiger partial charge in [-0.1, -0.05) is 258 Å². The molecule has 0 saturated heterocycles.